The molecule has 1 aromatic heterocycles. The molecule has 0 radical (unpaired) electrons. The lowest BCUT2D eigenvalue weighted by Crippen LogP contribution is -2.69. The van der Waals surface area contributed by atoms with Crippen LogP contribution in [0.1, 0.15) is 67.1 Å². The number of hydrogen-bond acceptors (Lipinski definition) is 6. The highest BCUT2D eigenvalue weighted by atomic mass is 32.2. The minimum atomic E-state index is -3.44. The van der Waals surface area contributed by atoms with Gasteiger partial charge in [0.25, 0.3) is 16.1 Å². The first-order valence-electron chi connectivity index (χ1n) is 10.8. The van der Waals surface area contributed by atoms with Crippen LogP contribution in [0.3, 0.4) is 0 Å². The van der Waals surface area contributed by atoms with Gasteiger partial charge in [-0.05, 0) is 44.9 Å². The minimum Gasteiger partial charge on any atom is -0.360 e. The molecule has 6 heterocycles. The fourth-order valence-electron chi connectivity index (χ4n) is 5.64. The van der Waals surface area contributed by atoms with Crippen LogP contribution in [0.2, 0.25) is 0 Å². The number of nitrogens with one attached hydrogen (secondary N) is 2. The fraction of sp³-hybridized carbons (Fsp3) is 0.789. The number of amides is 1. The Kier molecular flexibility index (Phi) is 4.10. The maximum Gasteiger partial charge on any atom is 0.282 e. The predicted molar refractivity (Wildman–Crippen MR) is 103 cm³/mol. The molecule has 5 aliphatic heterocycles. The highest BCUT2D eigenvalue weighted by Gasteiger charge is 2.51. The topological polar surface area (TPSA) is 108 Å². The molecule has 3 unspecified atom stereocenters. The summed E-state index contributed by atoms with van der Waals surface area (Å²) in [5.41, 5.74) is 0.328. The largest absolute Gasteiger partial charge is 0.360 e. The van der Waals surface area contributed by atoms with Crippen LogP contribution in [0.25, 0.3) is 0 Å². The molecular weight excluding hydrogens is 394 g/mol. The van der Waals surface area contributed by atoms with Crippen molar-refractivity contribution in [2.24, 2.45) is 0 Å². The Labute approximate surface area is 170 Å². The van der Waals surface area contributed by atoms with Gasteiger partial charge >= 0.3 is 0 Å². The Morgan fingerprint density at radius 1 is 1.10 bits per heavy atom. The van der Waals surface area contributed by atoms with Gasteiger partial charge < -0.3 is 15.2 Å². The molecule has 5 saturated heterocycles. The number of hydrogen-bond donors (Lipinski definition) is 2. The van der Waals surface area contributed by atoms with Gasteiger partial charge in [0.15, 0.2) is 5.69 Å². The quantitative estimate of drug-likeness (QED) is 0.720. The van der Waals surface area contributed by atoms with E-state index in [0.29, 0.717) is 49.6 Å². The molecule has 4 bridgehead atoms. The van der Waals surface area contributed by atoms with Crippen molar-refractivity contribution in [3.05, 3.63) is 17.5 Å². The van der Waals surface area contributed by atoms with Crippen molar-refractivity contribution < 1.29 is 17.7 Å². The molecule has 1 amide bonds. The lowest BCUT2D eigenvalue weighted by molar-refractivity contribution is 0.0890. The van der Waals surface area contributed by atoms with Crippen LogP contribution in [-0.4, -0.2) is 71.4 Å². The number of fused-ring (bicyclic) bond motifs is 4. The lowest BCUT2D eigenvalue weighted by atomic mass is 9.93. The Bertz CT molecular complexity index is 899. The molecule has 0 aromatic carbocycles. The van der Waals surface area contributed by atoms with Gasteiger partial charge in [-0.25, -0.2) is 0 Å². The molecule has 2 N–H and O–H groups in total. The molecule has 29 heavy (non-hydrogen) atoms. The fourth-order valence-corrected chi connectivity index (χ4v) is 7.78. The summed E-state index contributed by atoms with van der Waals surface area (Å²) in [5.74, 6) is 0.998. The standard InChI is InChI=1S/C19H27N5O4S/c25-19(17-8-18(28-22-17)11-1-2-11)21-12-6-15-3-4-16(7-12)24(15)29(26,27)23-9-13-5-14(10-23)20-13/h8,11-16,20H,1-7,9-10H2,(H,21,25)/t12?,13?,14?,15-,16+. The van der Waals surface area contributed by atoms with Crippen molar-refractivity contribution >= 4 is 16.1 Å². The summed E-state index contributed by atoms with van der Waals surface area (Å²) in [6.07, 6.45) is 6.33. The van der Waals surface area contributed by atoms with Crippen molar-refractivity contribution in [1.29, 1.82) is 0 Å². The zero-order chi connectivity index (χ0) is 19.8. The number of rotatable bonds is 5. The van der Waals surface area contributed by atoms with Gasteiger partial charge in [-0.1, -0.05) is 5.16 Å². The molecular formula is C19H27N5O4S. The molecule has 1 aromatic rings. The number of nitrogens with zero attached hydrogens (tertiary/aromatic N) is 3. The summed E-state index contributed by atoms with van der Waals surface area (Å²) in [5, 5.41) is 10.4. The number of piperidine rings is 2. The monoisotopic (exact) mass is 421 g/mol. The van der Waals surface area contributed by atoms with E-state index < -0.39 is 10.2 Å². The summed E-state index contributed by atoms with van der Waals surface area (Å²) in [6, 6.07) is 2.27. The van der Waals surface area contributed by atoms with Gasteiger partial charge in [0.2, 0.25) is 0 Å². The highest BCUT2D eigenvalue weighted by Crippen LogP contribution is 2.41. The third kappa shape index (κ3) is 3.11. The van der Waals surface area contributed by atoms with Crippen molar-refractivity contribution in [2.75, 3.05) is 13.1 Å². The number of carbonyl (C=O) groups excluding carboxylic acids is 1. The van der Waals surface area contributed by atoms with E-state index in [-0.39, 0.29) is 24.0 Å². The van der Waals surface area contributed by atoms with Crippen LogP contribution in [0.5, 0.6) is 0 Å². The number of aromatic nitrogens is 1. The van der Waals surface area contributed by atoms with Gasteiger partial charge in [-0.3, -0.25) is 4.79 Å². The molecule has 5 atom stereocenters. The molecule has 9 nitrogen and oxygen atoms in total. The summed E-state index contributed by atoms with van der Waals surface area (Å²) >= 11 is 0. The first kappa shape index (κ1) is 18.3. The van der Waals surface area contributed by atoms with Crippen LogP contribution in [0.15, 0.2) is 10.6 Å². The average Bonchev–Trinajstić information content (AvgIpc) is 3.34. The third-order valence-electron chi connectivity index (χ3n) is 7.22. The van der Waals surface area contributed by atoms with Crippen molar-refractivity contribution in [3.8, 4) is 0 Å². The summed E-state index contributed by atoms with van der Waals surface area (Å²) in [6.45, 7) is 1.15. The first-order valence-corrected chi connectivity index (χ1v) is 12.2. The first-order chi connectivity index (χ1) is 14.0. The minimum absolute atomic E-state index is 0.0241. The second kappa shape index (κ2) is 6.50. The number of piperazine rings is 1. The van der Waals surface area contributed by atoms with Crippen LogP contribution >= 0.6 is 0 Å². The Hall–Kier alpha value is -1.49. The van der Waals surface area contributed by atoms with E-state index >= 15 is 0 Å². The zero-order valence-corrected chi connectivity index (χ0v) is 17.1. The maximum atomic E-state index is 13.3. The second-order valence-corrected chi connectivity index (χ2v) is 11.2. The van der Waals surface area contributed by atoms with Crippen molar-refractivity contribution in [1.82, 2.24) is 24.4 Å². The normalized spacial score (nSPS) is 37.3. The molecule has 7 rings (SSSR count). The van der Waals surface area contributed by atoms with Crippen molar-refractivity contribution in [3.63, 3.8) is 0 Å². The van der Waals surface area contributed by atoms with Gasteiger partial charge in [-0.2, -0.15) is 17.0 Å². The van der Waals surface area contributed by atoms with Gasteiger partial charge in [0.05, 0.1) is 0 Å². The molecule has 0 spiro atoms. The summed E-state index contributed by atoms with van der Waals surface area (Å²) in [7, 11) is -3.44. The van der Waals surface area contributed by atoms with E-state index in [4.69, 9.17) is 4.52 Å². The molecule has 1 saturated carbocycles. The Balaban J connectivity index is 1.12. The van der Waals surface area contributed by atoms with Crippen LogP contribution in [-0.2, 0) is 10.2 Å². The second-order valence-electron chi connectivity index (χ2n) is 9.37. The third-order valence-corrected chi connectivity index (χ3v) is 9.30. The predicted octanol–water partition coefficient (Wildman–Crippen LogP) is 0.568. The maximum absolute atomic E-state index is 13.3. The van der Waals surface area contributed by atoms with E-state index in [1.807, 2.05) is 0 Å². The van der Waals surface area contributed by atoms with Gasteiger partial charge in [0, 0.05) is 55.3 Å². The van der Waals surface area contributed by atoms with Crippen LogP contribution < -0.4 is 10.6 Å². The van der Waals surface area contributed by atoms with Crippen LogP contribution in [0, 0.1) is 0 Å². The van der Waals surface area contributed by atoms with E-state index in [1.54, 1.807) is 14.7 Å². The molecule has 158 valence electrons. The number of carbonyl (C=O) groups is 1. The molecule has 1 aliphatic carbocycles. The van der Waals surface area contributed by atoms with E-state index in [1.165, 1.54) is 0 Å². The molecule has 6 aliphatic rings. The average molecular weight is 422 g/mol. The smallest absolute Gasteiger partial charge is 0.282 e. The van der Waals surface area contributed by atoms with E-state index in [9.17, 15) is 13.2 Å². The summed E-state index contributed by atoms with van der Waals surface area (Å²) in [4.78, 5) is 12.6. The summed E-state index contributed by atoms with van der Waals surface area (Å²) < 4.78 is 35.3. The molecule has 6 fully saturated rings. The SMILES string of the molecule is O=C(NC1C[C@H]2CC[C@@H](C1)N2S(=O)(=O)N1CC2CC(C1)N2)c1cc(C2CC2)on1. The lowest BCUT2D eigenvalue weighted by Gasteiger charge is -2.49. The van der Waals surface area contributed by atoms with Gasteiger partial charge in [-0.15, -0.1) is 0 Å². The van der Waals surface area contributed by atoms with Crippen molar-refractivity contribution in [2.45, 2.75) is 81.1 Å². The molecule has 10 heteroatoms. The van der Waals surface area contributed by atoms with Gasteiger partial charge in [0.1, 0.15) is 5.76 Å². The Morgan fingerprint density at radius 3 is 2.38 bits per heavy atom. The van der Waals surface area contributed by atoms with E-state index in [2.05, 4.69) is 15.8 Å². The zero-order valence-electron chi connectivity index (χ0n) is 16.3. The highest BCUT2D eigenvalue weighted by molar-refractivity contribution is 7.86. The van der Waals surface area contributed by atoms with Crippen LogP contribution in [0.4, 0.5) is 0 Å². The Morgan fingerprint density at radius 2 is 1.76 bits per heavy atom. The van der Waals surface area contributed by atoms with E-state index in [0.717, 1.165) is 37.9 Å².